The molecule has 1 aromatic rings. The Morgan fingerprint density at radius 3 is 2.50 bits per heavy atom. The van der Waals surface area contributed by atoms with Gasteiger partial charge >= 0.3 is 0 Å². The first kappa shape index (κ1) is 15.6. The summed E-state index contributed by atoms with van der Waals surface area (Å²) in [6.07, 6.45) is 0. The van der Waals surface area contributed by atoms with E-state index in [-0.39, 0.29) is 10.7 Å². The molecule has 8 heteroatoms. The highest BCUT2D eigenvalue weighted by Crippen LogP contribution is 2.16. The summed E-state index contributed by atoms with van der Waals surface area (Å²) in [7, 11) is -3.75. The Bertz CT molecular complexity index is 581. The van der Waals surface area contributed by atoms with Gasteiger partial charge in [0.15, 0.2) is 0 Å². The van der Waals surface area contributed by atoms with E-state index in [4.69, 9.17) is 17.3 Å². The van der Waals surface area contributed by atoms with Crippen LogP contribution in [0.2, 0.25) is 5.02 Å². The van der Waals surface area contributed by atoms with Crippen LogP contribution in [0, 0.1) is 0 Å². The second-order valence-electron chi connectivity index (χ2n) is 4.40. The molecule has 0 saturated carbocycles. The lowest BCUT2D eigenvalue weighted by Gasteiger charge is -2.25. The first-order chi connectivity index (χ1) is 9.47. The lowest BCUT2D eigenvalue weighted by molar-refractivity contribution is 0.345. The van der Waals surface area contributed by atoms with Gasteiger partial charge in [-0.25, -0.2) is 0 Å². The van der Waals surface area contributed by atoms with Crippen molar-refractivity contribution in [3.8, 4) is 0 Å². The molecule has 0 bridgehead atoms. The van der Waals surface area contributed by atoms with Gasteiger partial charge in [-0.05, 0) is 24.3 Å². The molecule has 2 N–H and O–H groups in total. The quantitative estimate of drug-likeness (QED) is 0.666. The summed E-state index contributed by atoms with van der Waals surface area (Å²) in [5, 5.41) is 0.478. The highest BCUT2D eigenvalue weighted by molar-refractivity contribution is 7.99. The maximum atomic E-state index is 12.1. The number of thioether (sulfide) groups is 1. The lowest BCUT2D eigenvalue weighted by atomic mass is 10.4. The number of nitrogens with two attached hydrogens (primary N) is 1. The zero-order chi connectivity index (χ0) is 14.6. The molecule has 0 amide bonds. The van der Waals surface area contributed by atoms with Gasteiger partial charge in [-0.2, -0.15) is 20.2 Å². The molecule has 20 heavy (non-hydrogen) atoms. The topological polar surface area (TPSA) is 75.8 Å². The highest BCUT2D eigenvalue weighted by atomic mass is 35.5. The van der Waals surface area contributed by atoms with Crippen molar-refractivity contribution < 1.29 is 8.42 Å². The summed E-state index contributed by atoms with van der Waals surface area (Å²) in [6, 6.07) is 5.88. The molecule has 0 aromatic heterocycles. The lowest BCUT2D eigenvalue weighted by Crippen LogP contribution is -2.39. The summed E-state index contributed by atoms with van der Waals surface area (Å²) < 4.78 is 27.8. The van der Waals surface area contributed by atoms with Gasteiger partial charge in [-0.1, -0.05) is 11.6 Å². The number of nitrogens with zero attached hydrogens (tertiary/aromatic N) is 2. The SMILES string of the molecule is N/C(CN1CCSCC1)=N\S(=O)(=O)c1ccc(Cl)cc1. The van der Waals surface area contributed by atoms with E-state index in [1.807, 2.05) is 11.8 Å². The second-order valence-corrected chi connectivity index (χ2v) is 7.67. The van der Waals surface area contributed by atoms with Crippen molar-refractivity contribution in [3.05, 3.63) is 29.3 Å². The largest absolute Gasteiger partial charge is 0.385 e. The van der Waals surface area contributed by atoms with Crippen LogP contribution in [0.4, 0.5) is 0 Å². The van der Waals surface area contributed by atoms with E-state index in [9.17, 15) is 8.42 Å². The average Bonchev–Trinajstić information content (AvgIpc) is 2.39. The van der Waals surface area contributed by atoms with Crippen LogP contribution in [0.3, 0.4) is 0 Å². The predicted octanol–water partition coefficient (Wildman–Crippen LogP) is 1.43. The fourth-order valence-corrected chi connectivity index (χ4v) is 3.89. The number of halogens is 1. The van der Waals surface area contributed by atoms with Crippen molar-refractivity contribution in [3.63, 3.8) is 0 Å². The van der Waals surface area contributed by atoms with Crippen molar-refractivity contribution in [1.82, 2.24) is 4.90 Å². The summed E-state index contributed by atoms with van der Waals surface area (Å²) in [5.74, 6) is 2.20. The van der Waals surface area contributed by atoms with Crippen LogP contribution in [0.1, 0.15) is 0 Å². The van der Waals surface area contributed by atoms with Crippen LogP contribution >= 0.6 is 23.4 Å². The van der Waals surface area contributed by atoms with E-state index in [0.29, 0.717) is 11.6 Å². The van der Waals surface area contributed by atoms with Crippen LogP contribution in [0.15, 0.2) is 33.6 Å². The van der Waals surface area contributed by atoms with Gasteiger partial charge in [0.05, 0.1) is 11.4 Å². The fourth-order valence-electron chi connectivity index (χ4n) is 1.83. The third-order valence-electron chi connectivity index (χ3n) is 2.84. The zero-order valence-corrected chi connectivity index (χ0v) is 13.2. The van der Waals surface area contributed by atoms with E-state index in [1.54, 1.807) is 0 Å². The molecule has 0 unspecified atom stereocenters. The Balaban J connectivity index is 2.09. The summed E-state index contributed by atoms with van der Waals surface area (Å²) >= 11 is 7.62. The van der Waals surface area contributed by atoms with Gasteiger partial charge in [0.1, 0.15) is 5.84 Å². The molecule has 1 aliphatic heterocycles. The van der Waals surface area contributed by atoms with Gasteiger partial charge in [0.25, 0.3) is 10.0 Å². The monoisotopic (exact) mass is 333 g/mol. The molecule has 5 nitrogen and oxygen atoms in total. The first-order valence-electron chi connectivity index (χ1n) is 6.12. The number of amidine groups is 1. The van der Waals surface area contributed by atoms with Crippen LogP contribution in [-0.2, 0) is 10.0 Å². The molecular formula is C12H16ClN3O2S2. The van der Waals surface area contributed by atoms with Gasteiger partial charge < -0.3 is 5.73 Å². The van der Waals surface area contributed by atoms with Gasteiger partial charge in [-0.15, -0.1) is 4.40 Å². The van der Waals surface area contributed by atoms with Crippen molar-refractivity contribution in [2.45, 2.75) is 4.90 Å². The fraction of sp³-hybridized carbons (Fsp3) is 0.417. The third kappa shape index (κ3) is 4.37. The van der Waals surface area contributed by atoms with Crippen LogP contribution in [0.25, 0.3) is 0 Å². The Hall–Kier alpha value is -0.760. The second kappa shape index (κ2) is 6.80. The number of hydrogen-bond donors (Lipinski definition) is 1. The molecule has 110 valence electrons. The Labute approximate surface area is 128 Å². The molecule has 1 heterocycles. The molecule has 0 aliphatic carbocycles. The Kier molecular flexibility index (Phi) is 5.31. The van der Waals surface area contributed by atoms with Crippen LogP contribution in [0.5, 0.6) is 0 Å². The molecular weight excluding hydrogens is 318 g/mol. The number of benzene rings is 1. The van der Waals surface area contributed by atoms with Crippen molar-refractivity contribution in [2.24, 2.45) is 10.1 Å². The average molecular weight is 334 g/mol. The summed E-state index contributed by atoms with van der Waals surface area (Å²) in [6.45, 7) is 2.19. The maximum Gasteiger partial charge on any atom is 0.283 e. The molecule has 1 saturated heterocycles. The molecule has 1 aliphatic rings. The van der Waals surface area contributed by atoms with E-state index in [1.165, 1.54) is 24.3 Å². The van der Waals surface area contributed by atoms with E-state index < -0.39 is 10.0 Å². The summed E-state index contributed by atoms with van der Waals surface area (Å²) in [5.41, 5.74) is 5.75. The van der Waals surface area contributed by atoms with Gasteiger partial charge in [0.2, 0.25) is 0 Å². The van der Waals surface area contributed by atoms with Crippen molar-refractivity contribution in [1.29, 1.82) is 0 Å². The standard InChI is InChI=1S/C12H16ClN3O2S2/c13-10-1-3-11(4-2-10)20(17,18)15-12(14)9-16-5-7-19-8-6-16/h1-4H,5-9H2,(H2,14,15). The maximum absolute atomic E-state index is 12.1. The van der Waals surface area contributed by atoms with Crippen molar-refractivity contribution in [2.75, 3.05) is 31.1 Å². The molecule has 0 spiro atoms. The molecule has 2 rings (SSSR count). The number of hydrogen-bond acceptors (Lipinski definition) is 4. The third-order valence-corrected chi connectivity index (χ3v) is 5.38. The smallest absolute Gasteiger partial charge is 0.283 e. The van der Waals surface area contributed by atoms with Gasteiger partial charge in [-0.3, -0.25) is 4.90 Å². The highest BCUT2D eigenvalue weighted by Gasteiger charge is 2.16. The van der Waals surface area contributed by atoms with Crippen molar-refractivity contribution >= 4 is 39.2 Å². The van der Waals surface area contributed by atoms with E-state index in [0.717, 1.165) is 24.6 Å². The van der Waals surface area contributed by atoms with E-state index in [2.05, 4.69) is 9.30 Å². The van der Waals surface area contributed by atoms with E-state index >= 15 is 0 Å². The molecule has 1 aromatic carbocycles. The number of rotatable bonds is 4. The number of sulfonamides is 1. The Morgan fingerprint density at radius 1 is 1.30 bits per heavy atom. The Morgan fingerprint density at radius 2 is 1.90 bits per heavy atom. The zero-order valence-electron chi connectivity index (χ0n) is 10.8. The minimum Gasteiger partial charge on any atom is -0.385 e. The van der Waals surface area contributed by atoms with Gasteiger partial charge in [0, 0.05) is 29.6 Å². The predicted molar refractivity (Wildman–Crippen MR) is 84.0 cm³/mol. The normalized spacial score (nSPS) is 18.1. The summed E-state index contributed by atoms with van der Waals surface area (Å²) in [4.78, 5) is 2.20. The first-order valence-corrected chi connectivity index (χ1v) is 9.09. The van der Waals surface area contributed by atoms with Crippen LogP contribution < -0.4 is 5.73 Å². The molecule has 1 fully saturated rings. The van der Waals surface area contributed by atoms with Crippen LogP contribution in [-0.4, -0.2) is 50.3 Å². The minimum atomic E-state index is -3.75. The molecule has 0 radical (unpaired) electrons. The minimum absolute atomic E-state index is 0.0963. The molecule has 0 atom stereocenters.